The predicted molar refractivity (Wildman–Crippen MR) is 76.0 cm³/mol. The van der Waals surface area contributed by atoms with Gasteiger partial charge >= 0.3 is 0 Å². The van der Waals surface area contributed by atoms with E-state index in [1.54, 1.807) is 6.20 Å². The van der Waals surface area contributed by atoms with Crippen LogP contribution in [0.4, 0.5) is 0 Å². The first-order chi connectivity index (χ1) is 8.63. The lowest BCUT2D eigenvalue weighted by molar-refractivity contribution is 0.381. The van der Waals surface area contributed by atoms with Crippen LogP contribution in [0.15, 0.2) is 6.20 Å². The molecular weight excluding hydrogens is 246 g/mol. The van der Waals surface area contributed by atoms with Gasteiger partial charge in [-0.1, -0.05) is 37.3 Å². The summed E-state index contributed by atoms with van der Waals surface area (Å²) in [7, 11) is 2.02. The van der Waals surface area contributed by atoms with Crippen LogP contribution in [0.5, 0.6) is 0 Å². The van der Waals surface area contributed by atoms with Gasteiger partial charge in [-0.2, -0.15) is 5.10 Å². The Morgan fingerprint density at radius 3 is 2.67 bits per heavy atom. The summed E-state index contributed by atoms with van der Waals surface area (Å²) in [5.41, 5.74) is 1.15. The molecule has 3 nitrogen and oxygen atoms in total. The average Bonchev–Trinajstić information content (AvgIpc) is 2.95. The highest BCUT2D eigenvalue weighted by Gasteiger charge is 2.25. The van der Waals surface area contributed by atoms with E-state index in [9.17, 15) is 0 Å². The van der Waals surface area contributed by atoms with E-state index < -0.39 is 0 Å². The third-order valence-electron chi connectivity index (χ3n) is 4.00. The van der Waals surface area contributed by atoms with Crippen LogP contribution in [-0.2, 0) is 0 Å². The first-order valence-corrected chi connectivity index (χ1v) is 7.41. The van der Waals surface area contributed by atoms with Crippen molar-refractivity contribution in [2.24, 2.45) is 5.92 Å². The second-order valence-corrected chi connectivity index (χ2v) is 6.05. The molecule has 1 aliphatic carbocycles. The molecule has 102 valence electrons. The Bertz CT molecular complexity index is 380. The van der Waals surface area contributed by atoms with E-state index in [0.717, 1.165) is 16.6 Å². The van der Waals surface area contributed by atoms with Crippen molar-refractivity contribution in [1.29, 1.82) is 0 Å². The van der Waals surface area contributed by atoms with Gasteiger partial charge in [-0.05, 0) is 33.2 Å². The zero-order valence-electron chi connectivity index (χ0n) is 11.6. The van der Waals surface area contributed by atoms with E-state index in [2.05, 4.69) is 28.9 Å². The molecule has 1 fully saturated rings. The summed E-state index contributed by atoms with van der Waals surface area (Å²) < 4.78 is 2.05. The fraction of sp³-hybridized carbons (Fsp3) is 0.786. The van der Waals surface area contributed by atoms with E-state index in [0.29, 0.717) is 12.1 Å². The Morgan fingerprint density at radius 1 is 1.44 bits per heavy atom. The largest absolute Gasteiger partial charge is 0.312 e. The predicted octanol–water partition coefficient (Wildman–Crippen LogP) is 3.96. The van der Waals surface area contributed by atoms with Crippen LogP contribution in [0.25, 0.3) is 0 Å². The van der Waals surface area contributed by atoms with Crippen molar-refractivity contribution in [3.05, 3.63) is 16.9 Å². The lowest BCUT2D eigenvalue weighted by Crippen LogP contribution is -2.23. The van der Waals surface area contributed by atoms with Crippen molar-refractivity contribution in [3.8, 4) is 0 Å². The maximum absolute atomic E-state index is 6.32. The molecule has 2 rings (SSSR count). The minimum absolute atomic E-state index is 0.325. The molecule has 1 heterocycles. The molecular formula is C14H24ClN3. The van der Waals surface area contributed by atoms with Crippen LogP contribution in [0, 0.1) is 5.92 Å². The summed E-state index contributed by atoms with van der Waals surface area (Å²) in [6, 6.07) is 0.678. The molecule has 1 aromatic rings. The molecule has 1 saturated carbocycles. The molecule has 4 heteroatoms. The van der Waals surface area contributed by atoms with Crippen molar-refractivity contribution >= 4 is 11.6 Å². The van der Waals surface area contributed by atoms with Crippen LogP contribution < -0.4 is 5.32 Å². The minimum atomic E-state index is 0.325. The normalized spacial score (nSPS) is 18.7. The summed E-state index contributed by atoms with van der Waals surface area (Å²) in [5.74, 6) is 0.842. The molecule has 1 atom stereocenters. The quantitative estimate of drug-likeness (QED) is 0.877. The van der Waals surface area contributed by atoms with Crippen LogP contribution in [-0.4, -0.2) is 16.8 Å². The molecule has 0 bridgehead atoms. The first-order valence-electron chi connectivity index (χ1n) is 7.03. The van der Waals surface area contributed by atoms with Gasteiger partial charge in [-0.3, -0.25) is 4.68 Å². The molecule has 1 aromatic heterocycles. The van der Waals surface area contributed by atoms with Gasteiger partial charge in [-0.15, -0.1) is 0 Å². The highest BCUT2D eigenvalue weighted by molar-refractivity contribution is 6.31. The van der Waals surface area contributed by atoms with Crippen LogP contribution in [0.2, 0.25) is 5.02 Å². The van der Waals surface area contributed by atoms with Gasteiger partial charge in [0, 0.05) is 6.04 Å². The standard InChI is InChI=1S/C14H24ClN3/c1-10(2)18-14(12(15)9-17-18)13(16-3)8-11-6-4-5-7-11/h9-11,13,16H,4-8H2,1-3H3. The van der Waals surface area contributed by atoms with Gasteiger partial charge in [0.25, 0.3) is 0 Å². The molecule has 1 unspecified atom stereocenters. The molecule has 0 radical (unpaired) electrons. The van der Waals surface area contributed by atoms with Crippen molar-refractivity contribution < 1.29 is 0 Å². The van der Waals surface area contributed by atoms with E-state index in [4.69, 9.17) is 11.6 Å². The Hall–Kier alpha value is -0.540. The minimum Gasteiger partial charge on any atom is -0.312 e. The third-order valence-corrected chi connectivity index (χ3v) is 4.29. The summed E-state index contributed by atoms with van der Waals surface area (Å²) in [6.45, 7) is 4.30. The van der Waals surface area contributed by atoms with Crippen molar-refractivity contribution in [3.63, 3.8) is 0 Å². The van der Waals surface area contributed by atoms with Crippen molar-refractivity contribution in [2.45, 2.75) is 58.0 Å². The van der Waals surface area contributed by atoms with Gasteiger partial charge in [0.15, 0.2) is 0 Å². The lowest BCUT2D eigenvalue weighted by Gasteiger charge is -2.23. The van der Waals surface area contributed by atoms with E-state index in [-0.39, 0.29) is 0 Å². The molecule has 0 saturated heterocycles. The molecule has 0 aromatic carbocycles. The average molecular weight is 270 g/mol. The molecule has 1 N–H and O–H groups in total. The number of nitrogens with one attached hydrogen (secondary N) is 1. The lowest BCUT2D eigenvalue weighted by atomic mass is 9.96. The SMILES string of the molecule is CNC(CC1CCCC1)c1c(Cl)cnn1C(C)C. The highest BCUT2D eigenvalue weighted by Crippen LogP contribution is 2.35. The fourth-order valence-electron chi connectivity index (χ4n) is 3.03. The zero-order valence-corrected chi connectivity index (χ0v) is 12.4. The summed E-state index contributed by atoms with van der Waals surface area (Å²) in [5, 5.41) is 8.62. The number of rotatable bonds is 5. The van der Waals surface area contributed by atoms with Gasteiger partial charge < -0.3 is 5.32 Å². The molecule has 0 spiro atoms. The second-order valence-electron chi connectivity index (χ2n) is 5.64. The number of aromatic nitrogens is 2. The van der Waals surface area contributed by atoms with Crippen molar-refractivity contribution in [1.82, 2.24) is 15.1 Å². The fourth-order valence-corrected chi connectivity index (χ4v) is 3.30. The van der Waals surface area contributed by atoms with E-state index >= 15 is 0 Å². The Kier molecular flexibility index (Phi) is 4.68. The molecule has 0 amide bonds. The third kappa shape index (κ3) is 2.89. The van der Waals surface area contributed by atoms with Crippen LogP contribution >= 0.6 is 11.6 Å². The number of hydrogen-bond donors (Lipinski definition) is 1. The zero-order chi connectivity index (χ0) is 13.1. The summed E-state index contributed by atoms with van der Waals surface area (Å²) in [6.07, 6.45) is 8.46. The molecule has 1 aliphatic rings. The topological polar surface area (TPSA) is 29.9 Å². The smallest absolute Gasteiger partial charge is 0.0834 e. The second kappa shape index (κ2) is 6.07. The monoisotopic (exact) mass is 269 g/mol. The summed E-state index contributed by atoms with van der Waals surface area (Å²) >= 11 is 6.32. The van der Waals surface area contributed by atoms with Gasteiger partial charge in [-0.25, -0.2) is 0 Å². The van der Waals surface area contributed by atoms with Crippen LogP contribution in [0.3, 0.4) is 0 Å². The first kappa shape index (κ1) is 13.9. The van der Waals surface area contributed by atoms with Gasteiger partial charge in [0.2, 0.25) is 0 Å². The molecule has 0 aliphatic heterocycles. The van der Waals surface area contributed by atoms with Crippen LogP contribution in [0.1, 0.15) is 63.7 Å². The Balaban J connectivity index is 2.17. The number of hydrogen-bond acceptors (Lipinski definition) is 2. The van der Waals surface area contributed by atoms with Crippen molar-refractivity contribution in [2.75, 3.05) is 7.05 Å². The van der Waals surface area contributed by atoms with E-state index in [1.807, 2.05) is 7.05 Å². The van der Waals surface area contributed by atoms with Gasteiger partial charge in [0.1, 0.15) is 0 Å². The van der Waals surface area contributed by atoms with Gasteiger partial charge in [0.05, 0.1) is 23.0 Å². The highest BCUT2D eigenvalue weighted by atomic mass is 35.5. The number of nitrogens with zero attached hydrogens (tertiary/aromatic N) is 2. The Morgan fingerprint density at radius 2 is 2.11 bits per heavy atom. The Labute approximate surface area is 115 Å². The maximum Gasteiger partial charge on any atom is 0.0834 e. The van der Waals surface area contributed by atoms with E-state index in [1.165, 1.54) is 32.1 Å². The molecule has 18 heavy (non-hydrogen) atoms. The summed E-state index contributed by atoms with van der Waals surface area (Å²) in [4.78, 5) is 0. The maximum atomic E-state index is 6.32. The number of halogens is 1.